The van der Waals surface area contributed by atoms with Crippen LogP contribution in [0.25, 0.3) is 0 Å². The van der Waals surface area contributed by atoms with Crippen molar-refractivity contribution in [3.05, 3.63) is 88.0 Å². The van der Waals surface area contributed by atoms with Crippen LogP contribution in [0.4, 0.5) is 0 Å². The SMILES string of the molecule is COC(CNC(C)(C)C)c1ccc(O)c(CO)c1.COCc1cc(C(CNC(C)(C)C)OC)ccc1O.COCc1cc(C(O)CNC(C)(C)C)ccc1O. The summed E-state index contributed by atoms with van der Waals surface area (Å²) in [4.78, 5) is 0. The summed E-state index contributed by atoms with van der Waals surface area (Å²) in [5, 5.41) is 58.2. The highest BCUT2D eigenvalue weighted by Crippen LogP contribution is 2.26. The van der Waals surface area contributed by atoms with Gasteiger partial charge in [0.25, 0.3) is 0 Å². The van der Waals surface area contributed by atoms with Crippen LogP contribution in [0.3, 0.4) is 0 Å². The highest BCUT2D eigenvalue weighted by molar-refractivity contribution is 5.38. The van der Waals surface area contributed by atoms with Gasteiger partial charge in [0.1, 0.15) is 17.2 Å². The van der Waals surface area contributed by atoms with Gasteiger partial charge in [-0.05, 0) is 115 Å². The Morgan fingerprint density at radius 1 is 0.509 bits per heavy atom. The van der Waals surface area contributed by atoms with Gasteiger partial charge in [0, 0.05) is 81.4 Å². The first-order valence-corrected chi connectivity index (χ1v) is 18.6. The van der Waals surface area contributed by atoms with Gasteiger partial charge < -0.3 is 60.4 Å². The number of aliphatic hydroxyl groups excluding tert-OH is 2. The van der Waals surface area contributed by atoms with Crippen molar-refractivity contribution >= 4 is 0 Å². The van der Waals surface area contributed by atoms with E-state index in [4.69, 9.17) is 24.1 Å². The lowest BCUT2D eigenvalue weighted by atomic mass is 10.0. The van der Waals surface area contributed by atoms with Gasteiger partial charge in [-0.2, -0.15) is 0 Å². The minimum absolute atomic E-state index is 0.0213. The average molecular weight is 774 g/mol. The first-order valence-electron chi connectivity index (χ1n) is 18.6. The average Bonchev–Trinajstić information content (AvgIpc) is 3.10. The number of phenols is 3. The highest BCUT2D eigenvalue weighted by atomic mass is 16.5. The molecule has 0 radical (unpaired) electrons. The van der Waals surface area contributed by atoms with Crippen molar-refractivity contribution in [2.45, 2.75) is 117 Å². The zero-order valence-corrected chi connectivity index (χ0v) is 35.5. The monoisotopic (exact) mass is 774 g/mol. The van der Waals surface area contributed by atoms with Crippen LogP contribution in [0.15, 0.2) is 54.6 Å². The van der Waals surface area contributed by atoms with Gasteiger partial charge in [-0.3, -0.25) is 0 Å². The van der Waals surface area contributed by atoms with Crippen LogP contribution in [0.5, 0.6) is 17.2 Å². The third-order valence-electron chi connectivity index (χ3n) is 8.24. The molecule has 0 heterocycles. The van der Waals surface area contributed by atoms with Crippen molar-refractivity contribution in [2.24, 2.45) is 0 Å². The molecule has 3 aromatic carbocycles. The van der Waals surface area contributed by atoms with E-state index >= 15 is 0 Å². The summed E-state index contributed by atoms with van der Waals surface area (Å²) in [7, 11) is 6.53. The van der Waals surface area contributed by atoms with Gasteiger partial charge in [0.05, 0.1) is 38.1 Å². The van der Waals surface area contributed by atoms with E-state index in [1.54, 1.807) is 64.8 Å². The van der Waals surface area contributed by atoms with E-state index in [1.165, 1.54) is 0 Å². The van der Waals surface area contributed by atoms with Gasteiger partial charge in [-0.25, -0.2) is 0 Å². The van der Waals surface area contributed by atoms with Crippen molar-refractivity contribution in [3.8, 4) is 17.2 Å². The quantitative estimate of drug-likeness (QED) is 0.0792. The van der Waals surface area contributed by atoms with Gasteiger partial charge in [-0.15, -0.1) is 0 Å². The molecule has 312 valence electrons. The molecular weight excluding hydrogens is 702 g/mol. The number of benzene rings is 3. The molecule has 0 aliphatic carbocycles. The summed E-state index contributed by atoms with van der Waals surface area (Å²) in [6.45, 7) is 21.2. The normalized spacial score (nSPS) is 13.6. The summed E-state index contributed by atoms with van der Waals surface area (Å²) in [5.41, 5.74) is 4.76. The molecule has 0 saturated heterocycles. The number of hydrogen-bond acceptors (Lipinski definition) is 12. The van der Waals surface area contributed by atoms with Gasteiger partial charge in [-0.1, -0.05) is 18.2 Å². The van der Waals surface area contributed by atoms with Crippen molar-refractivity contribution in [2.75, 3.05) is 48.1 Å². The van der Waals surface area contributed by atoms with Crippen molar-refractivity contribution in [3.63, 3.8) is 0 Å². The zero-order valence-electron chi connectivity index (χ0n) is 35.5. The second kappa shape index (κ2) is 23.7. The summed E-state index contributed by atoms with van der Waals surface area (Å²) >= 11 is 0. The van der Waals surface area contributed by atoms with Crippen LogP contribution in [0.1, 0.15) is 114 Å². The molecule has 8 N–H and O–H groups in total. The Morgan fingerprint density at radius 3 is 1.18 bits per heavy atom. The molecular formula is C43H71N3O9. The zero-order chi connectivity index (χ0) is 42.0. The van der Waals surface area contributed by atoms with Crippen LogP contribution >= 0.6 is 0 Å². The largest absolute Gasteiger partial charge is 0.508 e. The number of phenolic OH excluding ortho intramolecular Hbond substituents is 2. The molecule has 0 aliphatic rings. The Morgan fingerprint density at radius 2 is 0.836 bits per heavy atom. The lowest BCUT2D eigenvalue weighted by molar-refractivity contribution is 0.0956. The fourth-order valence-electron chi connectivity index (χ4n) is 5.09. The molecule has 0 saturated carbocycles. The van der Waals surface area contributed by atoms with Gasteiger partial charge in [0.2, 0.25) is 0 Å². The fourth-order valence-corrected chi connectivity index (χ4v) is 5.09. The fraction of sp³-hybridized carbons (Fsp3) is 0.581. The third-order valence-corrected chi connectivity index (χ3v) is 8.24. The number of methoxy groups -OCH3 is 4. The van der Waals surface area contributed by atoms with Crippen LogP contribution in [-0.4, -0.2) is 90.2 Å². The minimum atomic E-state index is -0.597. The Balaban J connectivity index is 0.000000413. The van der Waals surface area contributed by atoms with Gasteiger partial charge in [0.15, 0.2) is 0 Å². The van der Waals surface area contributed by atoms with E-state index in [9.17, 15) is 20.4 Å². The maximum Gasteiger partial charge on any atom is 0.121 e. The van der Waals surface area contributed by atoms with Crippen molar-refractivity contribution < 1.29 is 44.5 Å². The number of aliphatic hydroxyl groups is 2. The molecule has 3 unspecified atom stereocenters. The molecule has 12 nitrogen and oxygen atoms in total. The molecule has 0 aromatic heterocycles. The Labute approximate surface area is 330 Å². The number of β-amino-alcohol motifs (C(OH)–C–C–N with tert-alkyl or cyclic N) is 1. The second-order valence-corrected chi connectivity index (χ2v) is 16.5. The molecule has 3 aromatic rings. The maximum absolute atomic E-state index is 10.1. The smallest absolute Gasteiger partial charge is 0.121 e. The van der Waals surface area contributed by atoms with Crippen LogP contribution < -0.4 is 16.0 Å². The summed E-state index contributed by atoms with van der Waals surface area (Å²) in [5.74, 6) is 0.556. The molecule has 0 spiro atoms. The Kier molecular flexibility index (Phi) is 21.4. The highest BCUT2D eigenvalue weighted by Gasteiger charge is 2.19. The van der Waals surface area contributed by atoms with E-state index in [2.05, 4.69) is 57.5 Å². The predicted octanol–water partition coefficient (Wildman–Crippen LogP) is 6.53. The standard InChI is InChI=1S/C15H25NO3.2C14H23NO3/c1-15(2,3)16-9-14(19-5)11-6-7-13(17)12(8-11)10-18-4;1-14(2,3)15-8-13(17)10-5-6-12(16)11(7-10)9-18-4;1-14(2,3)15-8-13(18-4)10-5-6-12(17)11(7-10)9-16/h6-8,14,16-17H,9-10H2,1-5H3;2*5-7,13,15-17H,8-9H2,1-4H3. The van der Waals surface area contributed by atoms with E-state index in [0.717, 1.165) is 28.8 Å². The van der Waals surface area contributed by atoms with E-state index < -0.39 is 6.10 Å². The van der Waals surface area contributed by atoms with Crippen LogP contribution in [0.2, 0.25) is 0 Å². The number of hydrogen-bond donors (Lipinski definition) is 8. The number of nitrogens with one attached hydrogen (secondary N) is 3. The first-order chi connectivity index (χ1) is 25.6. The molecule has 0 fully saturated rings. The first kappa shape index (κ1) is 49.7. The third kappa shape index (κ3) is 19.9. The Hall–Kier alpha value is -3.30. The topological polar surface area (TPSA) is 174 Å². The molecule has 3 rings (SSSR count). The van der Waals surface area contributed by atoms with E-state index in [1.807, 2.05) is 39.0 Å². The summed E-state index contributed by atoms with van der Waals surface area (Å²) in [6, 6.07) is 15.8. The predicted molar refractivity (Wildman–Crippen MR) is 219 cm³/mol. The van der Waals surface area contributed by atoms with E-state index in [-0.39, 0.29) is 52.7 Å². The number of rotatable bonds is 16. The van der Waals surface area contributed by atoms with Crippen molar-refractivity contribution in [1.82, 2.24) is 16.0 Å². The lowest BCUT2D eigenvalue weighted by Gasteiger charge is -2.25. The Bertz CT molecular complexity index is 1530. The van der Waals surface area contributed by atoms with E-state index in [0.29, 0.717) is 37.4 Å². The molecule has 0 aliphatic heterocycles. The second-order valence-electron chi connectivity index (χ2n) is 16.5. The summed E-state index contributed by atoms with van der Waals surface area (Å²) in [6.07, 6.45) is -0.744. The van der Waals surface area contributed by atoms with Crippen molar-refractivity contribution in [1.29, 1.82) is 0 Å². The van der Waals surface area contributed by atoms with Crippen LogP contribution in [-0.2, 0) is 38.8 Å². The lowest BCUT2D eigenvalue weighted by Crippen LogP contribution is -2.38. The molecule has 3 atom stereocenters. The maximum atomic E-state index is 10.1. The van der Waals surface area contributed by atoms with Crippen LogP contribution in [0, 0.1) is 0 Å². The summed E-state index contributed by atoms with van der Waals surface area (Å²) < 4.78 is 21.0. The van der Waals surface area contributed by atoms with Gasteiger partial charge >= 0.3 is 0 Å². The minimum Gasteiger partial charge on any atom is -0.508 e. The number of aromatic hydroxyl groups is 3. The molecule has 12 heteroatoms. The molecule has 55 heavy (non-hydrogen) atoms. The molecule has 0 amide bonds. The molecule has 0 bridgehead atoms. The number of ether oxygens (including phenoxy) is 4.